The van der Waals surface area contributed by atoms with Crippen LogP contribution in [0, 0.1) is 12.7 Å². The molecule has 14 heavy (non-hydrogen) atoms. The number of likely N-dealkylation sites (N-methyl/N-ethyl adjacent to an activating group) is 1. The zero-order chi connectivity index (χ0) is 10.4. The fourth-order valence-electron chi connectivity index (χ4n) is 1.27. The highest BCUT2D eigenvalue weighted by Crippen LogP contribution is 2.09. The van der Waals surface area contributed by atoms with Crippen LogP contribution in [0.15, 0.2) is 18.2 Å². The minimum Gasteiger partial charge on any atom is -0.318 e. The summed E-state index contributed by atoms with van der Waals surface area (Å²) in [5.74, 6) is -0.166. The molecule has 2 N–H and O–H groups in total. The highest BCUT2D eigenvalue weighted by molar-refractivity contribution is 5.26. The van der Waals surface area contributed by atoms with Gasteiger partial charge in [-0.1, -0.05) is 6.07 Å². The number of halogens is 1. The van der Waals surface area contributed by atoms with E-state index in [9.17, 15) is 4.39 Å². The maximum Gasteiger partial charge on any atom is 0.123 e. The van der Waals surface area contributed by atoms with Crippen molar-refractivity contribution in [3.63, 3.8) is 0 Å². The minimum absolute atomic E-state index is 0.166. The van der Waals surface area contributed by atoms with Crippen LogP contribution in [0.5, 0.6) is 0 Å². The van der Waals surface area contributed by atoms with Crippen LogP contribution in [0.4, 0.5) is 4.39 Å². The lowest BCUT2D eigenvalue weighted by molar-refractivity contribution is 0.615. The molecule has 0 aliphatic carbocycles. The molecule has 2 nitrogen and oxygen atoms in total. The molecule has 0 saturated heterocycles. The monoisotopic (exact) mass is 196 g/mol. The Bertz CT molecular complexity index is 287. The Labute approximate surface area is 84.5 Å². The third-order valence-corrected chi connectivity index (χ3v) is 2.18. The number of rotatable bonds is 5. The topological polar surface area (TPSA) is 24.1 Å². The first-order chi connectivity index (χ1) is 6.74. The molecule has 78 valence electrons. The van der Waals surface area contributed by atoms with Crippen molar-refractivity contribution in [2.45, 2.75) is 13.5 Å². The predicted molar refractivity (Wildman–Crippen MR) is 56.8 cm³/mol. The molecule has 0 aliphatic rings. The number of benzene rings is 1. The summed E-state index contributed by atoms with van der Waals surface area (Å²) >= 11 is 0. The lowest BCUT2D eigenvalue weighted by Gasteiger charge is -2.07. The average Bonchev–Trinajstić information content (AvgIpc) is 2.18. The fraction of sp³-hybridized carbons (Fsp3) is 0.455. The molecular weight excluding hydrogens is 179 g/mol. The van der Waals surface area contributed by atoms with Gasteiger partial charge in [-0.15, -0.1) is 0 Å². The molecule has 3 heteroatoms. The van der Waals surface area contributed by atoms with E-state index in [2.05, 4.69) is 10.6 Å². The smallest absolute Gasteiger partial charge is 0.123 e. The summed E-state index contributed by atoms with van der Waals surface area (Å²) in [5, 5.41) is 6.28. The third kappa shape index (κ3) is 3.44. The van der Waals surface area contributed by atoms with Crippen molar-refractivity contribution in [2.24, 2.45) is 0 Å². The van der Waals surface area contributed by atoms with Gasteiger partial charge in [0.25, 0.3) is 0 Å². The lowest BCUT2D eigenvalue weighted by Crippen LogP contribution is -2.24. The van der Waals surface area contributed by atoms with Crippen molar-refractivity contribution in [3.05, 3.63) is 35.1 Å². The van der Waals surface area contributed by atoms with Crippen molar-refractivity contribution in [2.75, 3.05) is 20.1 Å². The fourth-order valence-corrected chi connectivity index (χ4v) is 1.27. The highest BCUT2D eigenvalue weighted by atomic mass is 19.1. The first-order valence-electron chi connectivity index (χ1n) is 4.84. The van der Waals surface area contributed by atoms with Gasteiger partial charge in [-0.25, -0.2) is 4.39 Å². The molecule has 0 heterocycles. The number of nitrogens with one attached hydrogen (secondary N) is 2. The van der Waals surface area contributed by atoms with Gasteiger partial charge in [0.15, 0.2) is 0 Å². The molecule has 0 bridgehead atoms. The quantitative estimate of drug-likeness (QED) is 0.696. The minimum atomic E-state index is -0.166. The van der Waals surface area contributed by atoms with Crippen LogP contribution in [0.1, 0.15) is 11.1 Å². The van der Waals surface area contributed by atoms with E-state index in [0.717, 1.165) is 30.8 Å². The Morgan fingerprint density at radius 3 is 2.79 bits per heavy atom. The standard InChI is InChI=1S/C11H17FN2/c1-9-3-4-11(12)7-10(9)8-14-6-5-13-2/h3-4,7,13-14H,5-6,8H2,1-2H3. The van der Waals surface area contributed by atoms with Crippen molar-refractivity contribution in [3.8, 4) is 0 Å². The Hall–Kier alpha value is -0.930. The summed E-state index contributed by atoms with van der Waals surface area (Å²) in [5.41, 5.74) is 2.16. The van der Waals surface area contributed by atoms with E-state index < -0.39 is 0 Å². The summed E-state index contributed by atoms with van der Waals surface area (Å²) in [4.78, 5) is 0. The van der Waals surface area contributed by atoms with Gasteiger partial charge in [-0.2, -0.15) is 0 Å². The Kier molecular flexibility index (Phi) is 4.56. The van der Waals surface area contributed by atoms with Crippen molar-refractivity contribution >= 4 is 0 Å². The van der Waals surface area contributed by atoms with E-state index in [1.165, 1.54) is 6.07 Å². The molecule has 0 atom stereocenters. The SMILES string of the molecule is CNCCNCc1cc(F)ccc1C. The van der Waals surface area contributed by atoms with Gasteiger partial charge in [0, 0.05) is 19.6 Å². The van der Waals surface area contributed by atoms with Gasteiger partial charge >= 0.3 is 0 Å². The normalized spacial score (nSPS) is 10.5. The zero-order valence-corrected chi connectivity index (χ0v) is 8.73. The number of hydrogen-bond donors (Lipinski definition) is 2. The van der Waals surface area contributed by atoms with E-state index in [4.69, 9.17) is 0 Å². The predicted octanol–water partition coefficient (Wildman–Crippen LogP) is 1.44. The molecule has 0 amide bonds. The summed E-state index contributed by atoms with van der Waals surface area (Å²) in [6.45, 7) is 4.54. The molecule has 0 saturated carbocycles. The number of hydrogen-bond acceptors (Lipinski definition) is 2. The van der Waals surface area contributed by atoms with Gasteiger partial charge < -0.3 is 10.6 Å². The molecule has 1 rings (SSSR count). The summed E-state index contributed by atoms with van der Waals surface area (Å²) in [7, 11) is 1.91. The Morgan fingerprint density at radius 1 is 1.29 bits per heavy atom. The van der Waals surface area contributed by atoms with Crippen LogP contribution in [-0.2, 0) is 6.54 Å². The number of aryl methyl sites for hydroxylation is 1. The second-order valence-electron chi connectivity index (χ2n) is 3.35. The van der Waals surface area contributed by atoms with Gasteiger partial charge in [0.1, 0.15) is 5.82 Å². The second kappa shape index (κ2) is 5.73. The molecule has 0 radical (unpaired) electrons. The maximum absolute atomic E-state index is 12.9. The summed E-state index contributed by atoms with van der Waals surface area (Å²) in [6, 6.07) is 4.89. The van der Waals surface area contributed by atoms with Crippen LogP contribution < -0.4 is 10.6 Å². The van der Waals surface area contributed by atoms with Gasteiger partial charge in [0.05, 0.1) is 0 Å². The Morgan fingerprint density at radius 2 is 2.07 bits per heavy atom. The van der Waals surface area contributed by atoms with E-state index >= 15 is 0 Å². The van der Waals surface area contributed by atoms with Crippen molar-refractivity contribution in [1.82, 2.24) is 10.6 Å². The molecule has 0 aliphatic heterocycles. The van der Waals surface area contributed by atoms with Gasteiger partial charge in [0.2, 0.25) is 0 Å². The van der Waals surface area contributed by atoms with Crippen LogP contribution in [0.2, 0.25) is 0 Å². The van der Waals surface area contributed by atoms with Gasteiger partial charge in [-0.3, -0.25) is 0 Å². The molecule has 0 fully saturated rings. The van der Waals surface area contributed by atoms with E-state index in [-0.39, 0.29) is 5.82 Å². The molecule has 0 unspecified atom stereocenters. The zero-order valence-electron chi connectivity index (χ0n) is 8.73. The van der Waals surface area contributed by atoms with Crippen molar-refractivity contribution in [1.29, 1.82) is 0 Å². The third-order valence-electron chi connectivity index (χ3n) is 2.18. The van der Waals surface area contributed by atoms with Crippen molar-refractivity contribution < 1.29 is 4.39 Å². The van der Waals surface area contributed by atoms with Gasteiger partial charge in [-0.05, 0) is 37.2 Å². The summed E-state index contributed by atoms with van der Waals surface area (Å²) < 4.78 is 12.9. The molecule has 0 spiro atoms. The van der Waals surface area contributed by atoms with Crippen LogP contribution in [0.3, 0.4) is 0 Å². The van der Waals surface area contributed by atoms with E-state index in [0.29, 0.717) is 0 Å². The molecule has 1 aromatic carbocycles. The first-order valence-corrected chi connectivity index (χ1v) is 4.84. The van der Waals surface area contributed by atoms with Crippen LogP contribution in [0.25, 0.3) is 0 Å². The largest absolute Gasteiger partial charge is 0.318 e. The Balaban J connectivity index is 2.45. The van der Waals surface area contributed by atoms with Crippen LogP contribution in [-0.4, -0.2) is 20.1 Å². The van der Waals surface area contributed by atoms with Crippen LogP contribution >= 0.6 is 0 Å². The average molecular weight is 196 g/mol. The molecular formula is C11H17FN2. The first kappa shape index (κ1) is 11.1. The lowest BCUT2D eigenvalue weighted by atomic mass is 10.1. The van der Waals surface area contributed by atoms with E-state index in [1.54, 1.807) is 6.07 Å². The molecule has 1 aromatic rings. The maximum atomic E-state index is 12.9. The molecule has 0 aromatic heterocycles. The summed E-state index contributed by atoms with van der Waals surface area (Å²) in [6.07, 6.45) is 0. The highest BCUT2D eigenvalue weighted by Gasteiger charge is 1.99. The van der Waals surface area contributed by atoms with E-state index in [1.807, 2.05) is 20.0 Å². The second-order valence-corrected chi connectivity index (χ2v) is 3.35.